The molecular formula is C22H23N3O2S. The third-order valence-corrected chi connectivity index (χ3v) is 5.51. The van der Waals surface area contributed by atoms with Crippen molar-refractivity contribution in [3.8, 4) is 0 Å². The number of amidine groups is 1. The molecule has 5 nitrogen and oxygen atoms in total. The summed E-state index contributed by atoms with van der Waals surface area (Å²) in [4.78, 5) is 21.6. The lowest BCUT2D eigenvalue weighted by molar-refractivity contribution is -0.113. The number of hydrogen-bond acceptors (Lipinski definition) is 5. The van der Waals surface area contributed by atoms with Crippen molar-refractivity contribution in [3.05, 3.63) is 65.9 Å². The number of morpholine rings is 1. The Kier molecular flexibility index (Phi) is 5.78. The van der Waals surface area contributed by atoms with Gasteiger partial charge in [-0.25, -0.2) is 4.99 Å². The minimum atomic E-state index is -0.0839. The number of anilines is 2. The summed E-state index contributed by atoms with van der Waals surface area (Å²) in [5, 5.41) is 0.731. The summed E-state index contributed by atoms with van der Waals surface area (Å²) >= 11 is 1.58. The lowest BCUT2D eigenvalue weighted by Crippen LogP contribution is -2.36. The van der Waals surface area contributed by atoms with E-state index in [2.05, 4.69) is 28.9 Å². The fraction of sp³-hybridized carbons (Fsp3) is 0.273. The van der Waals surface area contributed by atoms with Gasteiger partial charge < -0.3 is 9.64 Å². The molecule has 1 fully saturated rings. The van der Waals surface area contributed by atoms with Crippen LogP contribution in [-0.4, -0.2) is 43.1 Å². The summed E-state index contributed by atoms with van der Waals surface area (Å²) in [6.45, 7) is 5.41. The minimum Gasteiger partial charge on any atom is -0.378 e. The zero-order chi connectivity index (χ0) is 19.3. The van der Waals surface area contributed by atoms with Crippen LogP contribution in [0.15, 0.2) is 65.3 Å². The van der Waals surface area contributed by atoms with Crippen LogP contribution >= 0.6 is 11.8 Å². The Morgan fingerprint density at radius 1 is 1.04 bits per heavy atom. The number of carbonyl (C=O) groups is 1. The maximum absolute atomic E-state index is 13.0. The first-order chi connectivity index (χ1) is 13.8. The Morgan fingerprint density at radius 3 is 2.43 bits per heavy atom. The van der Waals surface area contributed by atoms with Crippen molar-refractivity contribution in [1.82, 2.24) is 0 Å². The van der Waals surface area contributed by atoms with Gasteiger partial charge in [-0.05, 0) is 41.7 Å². The predicted octanol–water partition coefficient (Wildman–Crippen LogP) is 4.02. The molecule has 4 rings (SSSR count). The molecule has 0 radical (unpaired) electrons. The van der Waals surface area contributed by atoms with E-state index in [0.717, 1.165) is 48.5 Å². The van der Waals surface area contributed by atoms with E-state index < -0.39 is 0 Å². The zero-order valence-electron chi connectivity index (χ0n) is 15.9. The van der Waals surface area contributed by atoms with Crippen LogP contribution in [0.2, 0.25) is 0 Å². The smallest absolute Gasteiger partial charge is 0.283 e. The van der Waals surface area contributed by atoms with Gasteiger partial charge in [0.25, 0.3) is 5.91 Å². The topological polar surface area (TPSA) is 45.1 Å². The Hall–Kier alpha value is -2.57. The fourth-order valence-corrected chi connectivity index (χ4v) is 4.03. The van der Waals surface area contributed by atoms with Crippen molar-refractivity contribution in [2.24, 2.45) is 4.99 Å². The number of ether oxygens (including phenoxy) is 1. The number of nitrogens with zero attached hydrogens (tertiary/aromatic N) is 3. The van der Waals surface area contributed by atoms with Crippen LogP contribution in [0.4, 0.5) is 11.4 Å². The van der Waals surface area contributed by atoms with E-state index in [4.69, 9.17) is 4.74 Å². The molecule has 2 aromatic rings. The van der Waals surface area contributed by atoms with Crippen molar-refractivity contribution in [3.63, 3.8) is 0 Å². The van der Waals surface area contributed by atoms with Crippen molar-refractivity contribution in [1.29, 1.82) is 0 Å². The third kappa shape index (κ3) is 3.98. The molecule has 0 bridgehead atoms. The van der Waals surface area contributed by atoms with Gasteiger partial charge in [-0.3, -0.25) is 9.69 Å². The maximum atomic E-state index is 13.0. The minimum absolute atomic E-state index is 0.0839. The Balaban J connectivity index is 1.57. The molecule has 28 heavy (non-hydrogen) atoms. The highest BCUT2D eigenvalue weighted by Gasteiger charge is 2.31. The van der Waals surface area contributed by atoms with E-state index in [1.807, 2.05) is 48.5 Å². The molecule has 2 aromatic carbocycles. The van der Waals surface area contributed by atoms with E-state index in [1.54, 1.807) is 16.7 Å². The molecule has 2 aliphatic heterocycles. The second-order valence-electron chi connectivity index (χ2n) is 6.52. The molecule has 1 amide bonds. The molecule has 144 valence electrons. The van der Waals surface area contributed by atoms with E-state index in [-0.39, 0.29) is 5.91 Å². The van der Waals surface area contributed by atoms with Gasteiger partial charge in [0.1, 0.15) is 5.70 Å². The first-order valence-electron chi connectivity index (χ1n) is 9.51. The Morgan fingerprint density at radius 2 is 1.75 bits per heavy atom. The van der Waals surface area contributed by atoms with Crippen molar-refractivity contribution in [2.75, 3.05) is 41.9 Å². The molecule has 0 aromatic heterocycles. The summed E-state index contributed by atoms with van der Waals surface area (Å²) in [5.74, 6) is 0.774. The molecule has 0 N–H and O–H groups in total. The number of thioether (sulfide) groups is 1. The average Bonchev–Trinajstić information content (AvgIpc) is 3.05. The van der Waals surface area contributed by atoms with Crippen LogP contribution in [0.1, 0.15) is 12.5 Å². The fourth-order valence-electron chi connectivity index (χ4n) is 3.29. The quantitative estimate of drug-likeness (QED) is 0.736. The molecule has 2 heterocycles. The molecule has 0 spiro atoms. The summed E-state index contributed by atoms with van der Waals surface area (Å²) in [5.41, 5.74) is 3.47. The van der Waals surface area contributed by atoms with Crippen LogP contribution in [-0.2, 0) is 9.53 Å². The molecule has 0 atom stereocenters. The largest absolute Gasteiger partial charge is 0.378 e. The number of carbonyl (C=O) groups excluding carboxylic acids is 1. The molecule has 0 aliphatic carbocycles. The summed E-state index contributed by atoms with van der Waals surface area (Å²) in [7, 11) is 0. The predicted molar refractivity (Wildman–Crippen MR) is 117 cm³/mol. The van der Waals surface area contributed by atoms with E-state index in [9.17, 15) is 4.79 Å². The van der Waals surface area contributed by atoms with Gasteiger partial charge in [0.15, 0.2) is 5.17 Å². The molecule has 6 heteroatoms. The van der Waals surface area contributed by atoms with Gasteiger partial charge in [-0.1, -0.05) is 49.0 Å². The van der Waals surface area contributed by atoms with Gasteiger partial charge in [-0.15, -0.1) is 0 Å². The van der Waals surface area contributed by atoms with Crippen molar-refractivity contribution < 1.29 is 9.53 Å². The summed E-state index contributed by atoms with van der Waals surface area (Å²) in [6, 6.07) is 18.0. The summed E-state index contributed by atoms with van der Waals surface area (Å²) < 4.78 is 5.41. The summed E-state index contributed by atoms with van der Waals surface area (Å²) in [6.07, 6.45) is 1.87. The van der Waals surface area contributed by atoms with Crippen LogP contribution < -0.4 is 9.80 Å². The molecule has 0 saturated carbocycles. The average molecular weight is 394 g/mol. The SMILES string of the molecule is CCSC1=N/C(=C/c2ccc(N3CCOCC3)cc2)C(=O)N1c1ccccc1. The molecule has 0 unspecified atom stereocenters. The first-order valence-corrected chi connectivity index (χ1v) is 10.5. The van der Waals surface area contributed by atoms with E-state index in [0.29, 0.717) is 5.70 Å². The number of rotatable bonds is 4. The highest BCUT2D eigenvalue weighted by molar-refractivity contribution is 8.14. The lowest BCUT2D eigenvalue weighted by atomic mass is 10.1. The number of benzene rings is 2. The van der Waals surface area contributed by atoms with Gasteiger partial charge >= 0.3 is 0 Å². The van der Waals surface area contributed by atoms with E-state index in [1.165, 1.54) is 5.69 Å². The second-order valence-corrected chi connectivity index (χ2v) is 7.76. The zero-order valence-corrected chi connectivity index (χ0v) is 16.7. The lowest BCUT2D eigenvalue weighted by Gasteiger charge is -2.28. The van der Waals surface area contributed by atoms with Crippen LogP contribution in [0.3, 0.4) is 0 Å². The molecule has 2 aliphatic rings. The van der Waals surface area contributed by atoms with Gasteiger partial charge in [0, 0.05) is 18.8 Å². The monoisotopic (exact) mass is 393 g/mol. The second kappa shape index (κ2) is 8.63. The van der Waals surface area contributed by atoms with Crippen molar-refractivity contribution >= 4 is 40.3 Å². The standard InChI is InChI=1S/C22H23N3O2S/c1-2-28-22-23-20(21(26)25(22)19-6-4-3-5-7-19)16-17-8-10-18(11-9-17)24-12-14-27-15-13-24/h3-11,16H,2,12-15H2,1H3/b20-16+. The normalized spacial score (nSPS) is 18.7. The first kappa shape index (κ1) is 18.8. The maximum Gasteiger partial charge on any atom is 0.283 e. The number of aliphatic imine (C=N–C) groups is 1. The molecular weight excluding hydrogens is 370 g/mol. The van der Waals surface area contributed by atoms with Crippen LogP contribution in [0.25, 0.3) is 6.08 Å². The Bertz CT molecular complexity index is 888. The van der Waals surface area contributed by atoms with Crippen LogP contribution in [0.5, 0.6) is 0 Å². The van der Waals surface area contributed by atoms with Gasteiger partial charge in [-0.2, -0.15) is 0 Å². The Labute approximate surface area is 169 Å². The molecule has 1 saturated heterocycles. The number of para-hydroxylation sites is 1. The van der Waals surface area contributed by atoms with Crippen molar-refractivity contribution in [2.45, 2.75) is 6.92 Å². The van der Waals surface area contributed by atoms with Crippen LogP contribution in [0, 0.1) is 0 Å². The highest BCUT2D eigenvalue weighted by Crippen LogP contribution is 2.29. The number of hydrogen-bond donors (Lipinski definition) is 0. The number of amides is 1. The third-order valence-electron chi connectivity index (χ3n) is 4.69. The highest BCUT2D eigenvalue weighted by atomic mass is 32.2. The van der Waals surface area contributed by atoms with E-state index >= 15 is 0 Å². The van der Waals surface area contributed by atoms with Gasteiger partial charge in [0.2, 0.25) is 0 Å². The van der Waals surface area contributed by atoms with Gasteiger partial charge in [0.05, 0.1) is 18.9 Å².